The van der Waals surface area contributed by atoms with E-state index in [9.17, 15) is 9.18 Å². The van der Waals surface area contributed by atoms with Gasteiger partial charge in [-0.2, -0.15) is 0 Å². The number of H-pyrrole nitrogens is 1. The second-order valence-corrected chi connectivity index (χ2v) is 7.07. The molecule has 4 nitrogen and oxygen atoms in total. The maximum Gasteiger partial charge on any atom is 0.258 e. The first-order valence-electron chi connectivity index (χ1n) is 8.58. The molecule has 1 N–H and O–H groups in total. The van der Waals surface area contributed by atoms with Crippen LogP contribution in [-0.4, -0.2) is 18.6 Å². The third kappa shape index (κ3) is 2.32. The number of fused-ring (bicyclic) bond motifs is 2. The zero-order chi connectivity index (χ0) is 18.7. The molecule has 0 fully saturated rings. The quantitative estimate of drug-likeness (QED) is 0.706. The lowest BCUT2D eigenvalue weighted by Crippen LogP contribution is -2.25. The summed E-state index contributed by atoms with van der Waals surface area (Å²) in [6, 6.07) is 10.3. The highest BCUT2D eigenvalue weighted by Gasteiger charge is 2.27. The van der Waals surface area contributed by atoms with E-state index < -0.39 is 0 Å². The van der Waals surface area contributed by atoms with Crippen molar-refractivity contribution in [1.82, 2.24) is 4.98 Å². The Balaban J connectivity index is 1.86. The Bertz CT molecular complexity index is 1260. The van der Waals surface area contributed by atoms with Gasteiger partial charge in [-0.05, 0) is 48.6 Å². The fourth-order valence-corrected chi connectivity index (χ4v) is 4.08. The summed E-state index contributed by atoms with van der Waals surface area (Å²) < 4.78 is 13.4. The summed E-state index contributed by atoms with van der Waals surface area (Å²) in [5.74, 6) is -0.280. The van der Waals surface area contributed by atoms with E-state index in [1.165, 1.54) is 12.1 Å². The Labute approximate surface area is 159 Å². The van der Waals surface area contributed by atoms with E-state index in [4.69, 9.17) is 11.6 Å². The average molecular weight is 380 g/mol. The molecule has 1 aromatic rings. The Kier molecular flexibility index (Phi) is 3.42. The summed E-state index contributed by atoms with van der Waals surface area (Å²) in [7, 11) is 1.90. The van der Waals surface area contributed by atoms with Gasteiger partial charge in [0.15, 0.2) is 0 Å². The highest BCUT2D eigenvalue weighted by molar-refractivity contribution is 6.47. The van der Waals surface area contributed by atoms with Gasteiger partial charge in [0.2, 0.25) is 0 Å². The minimum Gasteiger partial charge on any atom is -0.350 e. The molecule has 0 radical (unpaired) electrons. The third-order valence-corrected chi connectivity index (χ3v) is 5.44. The molecule has 27 heavy (non-hydrogen) atoms. The predicted octanol–water partition coefficient (Wildman–Crippen LogP) is 2.86. The van der Waals surface area contributed by atoms with Gasteiger partial charge in [-0.25, -0.2) is 4.39 Å². The standard InChI is InChI=1S/C21H15ClFN3O/c1-25-10-8-15(22)14-6-7-17-18-16(24-21(27)19(18)20(14)25)9-11-26(17)13-4-2-12(23)3-5-13/h2-10H,11H2,1H3,(H,24,27). The lowest BCUT2D eigenvalue weighted by Gasteiger charge is -2.27. The van der Waals surface area contributed by atoms with Crippen molar-refractivity contribution in [2.75, 3.05) is 23.4 Å². The van der Waals surface area contributed by atoms with Crippen molar-refractivity contribution in [1.29, 1.82) is 0 Å². The van der Waals surface area contributed by atoms with E-state index in [0.717, 1.165) is 33.2 Å². The number of nitrogens with zero attached hydrogens (tertiary/aromatic N) is 2. The number of allylic oxidation sites excluding steroid dienone is 1. The third-order valence-electron chi connectivity index (χ3n) is 5.11. The average Bonchev–Trinajstić information content (AvgIpc) is 2.86. The number of rotatable bonds is 1. The van der Waals surface area contributed by atoms with E-state index in [1.54, 1.807) is 12.1 Å². The van der Waals surface area contributed by atoms with Crippen LogP contribution in [0.1, 0.15) is 0 Å². The molecule has 134 valence electrons. The molecule has 1 aliphatic carbocycles. The van der Waals surface area contributed by atoms with Crippen LogP contribution in [-0.2, 0) is 0 Å². The zero-order valence-corrected chi connectivity index (χ0v) is 15.2. The molecule has 0 atom stereocenters. The van der Waals surface area contributed by atoms with Gasteiger partial charge in [0, 0.05) is 41.6 Å². The normalized spacial score (nSPS) is 15.1. The van der Waals surface area contributed by atoms with E-state index in [-0.39, 0.29) is 11.4 Å². The van der Waals surface area contributed by atoms with Crippen molar-refractivity contribution in [3.05, 3.63) is 75.4 Å². The SMILES string of the molecule is CN1C=CC(Cl)=c2ccc3c4c([nH]c(=O)c-4c21)=CCN3c1ccc(F)cc1. The van der Waals surface area contributed by atoms with Gasteiger partial charge < -0.3 is 14.8 Å². The van der Waals surface area contributed by atoms with Gasteiger partial charge in [0.25, 0.3) is 5.56 Å². The van der Waals surface area contributed by atoms with Gasteiger partial charge in [0.1, 0.15) is 5.82 Å². The monoisotopic (exact) mass is 379 g/mol. The predicted molar refractivity (Wildman–Crippen MR) is 108 cm³/mol. The van der Waals surface area contributed by atoms with Crippen molar-refractivity contribution in [3.63, 3.8) is 0 Å². The van der Waals surface area contributed by atoms with Gasteiger partial charge in [0.05, 0.1) is 22.0 Å². The summed E-state index contributed by atoms with van der Waals surface area (Å²) in [6.07, 6.45) is 5.65. The number of aromatic amines is 1. The number of nitrogens with one attached hydrogen (secondary N) is 1. The second kappa shape index (κ2) is 5.72. The van der Waals surface area contributed by atoms with Crippen molar-refractivity contribution in [2.24, 2.45) is 0 Å². The smallest absolute Gasteiger partial charge is 0.258 e. The largest absolute Gasteiger partial charge is 0.350 e. The van der Waals surface area contributed by atoms with Crippen LogP contribution in [0.15, 0.2) is 53.5 Å². The van der Waals surface area contributed by atoms with Crippen LogP contribution < -0.4 is 25.9 Å². The van der Waals surface area contributed by atoms with Gasteiger partial charge in [-0.3, -0.25) is 4.79 Å². The second-order valence-electron chi connectivity index (χ2n) is 6.66. The molecule has 0 bridgehead atoms. The summed E-state index contributed by atoms with van der Waals surface area (Å²) in [4.78, 5) is 19.8. The molecule has 0 spiro atoms. The summed E-state index contributed by atoms with van der Waals surface area (Å²) >= 11 is 6.44. The summed E-state index contributed by atoms with van der Waals surface area (Å²) in [6.45, 7) is 0.577. The fourth-order valence-electron chi connectivity index (χ4n) is 3.87. The lowest BCUT2D eigenvalue weighted by atomic mass is 10.0. The molecule has 1 aromatic carbocycles. The molecule has 3 aliphatic heterocycles. The Morgan fingerprint density at radius 3 is 2.67 bits per heavy atom. The minimum absolute atomic E-state index is 0.141. The van der Waals surface area contributed by atoms with Crippen LogP contribution in [0.2, 0.25) is 0 Å². The van der Waals surface area contributed by atoms with Gasteiger partial charge in [-0.15, -0.1) is 0 Å². The molecule has 6 heteroatoms. The number of hydrogen-bond acceptors (Lipinski definition) is 3. The maximum atomic E-state index is 13.4. The van der Waals surface area contributed by atoms with Crippen LogP contribution >= 0.6 is 11.6 Å². The highest BCUT2D eigenvalue weighted by atomic mass is 35.5. The molecule has 4 aliphatic rings. The molecule has 5 rings (SSSR count). The Morgan fingerprint density at radius 1 is 1.11 bits per heavy atom. The van der Waals surface area contributed by atoms with E-state index in [2.05, 4.69) is 9.88 Å². The van der Waals surface area contributed by atoms with Crippen LogP contribution in [0.4, 0.5) is 21.5 Å². The molecule has 0 unspecified atom stereocenters. The highest BCUT2D eigenvalue weighted by Crippen LogP contribution is 2.37. The van der Waals surface area contributed by atoms with Gasteiger partial charge >= 0.3 is 0 Å². The number of aromatic nitrogens is 1. The fraction of sp³-hybridized carbons (Fsp3) is 0.0952. The summed E-state index contributed by atoms with van der Waals surface area (Å²) in [5, 5.41) is 2.20. The first kappa shape index (κ1) is 16.1. The Hall–Kier alpha value is -3.05. The molecule has 3 heterocycles. The number of anilines is 3. The van der Waals surface area contributed by atoms with Gasteiger partial charge in [-0.1, -0.05) is 11.6 Å². The van der Waals surface area contributed by atoms with Crippen molar-refractivity contribution in [2.45, 2.75) is 0 Å². The zero-order valence-electron chi connectivity index (χ0n) is 14.5. The Morgan fingerprint density at radius 2 is 1.89 bits per heavy atom. The molecular weight excluding hydrogens is 365 g/mol. The van der Waals surface area contributed by atoms with Crippen molar-refractivity contribution >= 4 is 39.8 Å². The first-order valence-corrected chi connectivity index (χ1v) is 8.95. The molecule has 0 amide bonds. The van der Waals surface area contributed by atoms with Crippen LogP contribution in [0.25, 0.3) is 22.2 Å². The molecule has 0 aromatic heterocycles. The molecule has 0 saturated heterocycles. The van der Waals surface area contributed by atoms with E-state index in [1.807, 2.05) is 42.4 Å². The van der Waals surface area contributed by atoms with E-state index >= 15 is 0 Å². The van der Waals surface area contributed by atoms with Crippen LogP contribution in [0, 0.1) is 5.82 Å². The van der Waals surface area contributed by atoms with E-state index in [0.29, 0.717) is 17.1 Å². The van der Waals surface area contributed by atoms with Crippen molar-refractivity contribution < 1.29 is 4.39 Å². The number of halogens is 2. The van der Waals surface area contributed by atoms with Crippen LogP contribution in [0.5, 0.6) is 0 Å². The lowest BCUT2D eigenvalue weighted by molar-refractivity contribution is 0.628. The number of hydrogen-bond donors (Lipinski definition) is 1. The first-order chi connectivity index (χ1) is 13.0. The molecular formula is C21H15ClFN3O. The van der Waals surface area contributed by atoms with Crippen LogP contribution in [0.3, 0.4) is 0 Å². The van der Waals surface area contributed by atoms with Crippen molar-refractivity contribution in [3.8, 4) is 11.1 Å². The minimum atomic E-state index is -0.280. The summed E-state index contributed by atoms with van der Waals surface area (Å²) in [5.41, 5.74) is 3.85. The number of benzene rings is 1. The topological polar surface area (TPSA) is 39.3 Å². The molecule has 0 saturated carbocycles. The maximum absolute atomic E-state index is 13.4.